The molecule has 4 rings (SSSR count). The Morgan fingerprint density at radius 1 is 0.722 bits per heavy atom. The molecule has 0 radical (unpaired) electrons. The topological polar surface area (TPSA) is 29.1 Å². The van der Waals surface area contributed by atoms with Crippen LogP contribution in [-0.2, 0) is 12.4 Å². The molecule has 3 aromatic carbocycles. The van der Waals surface area contributed by atoms with E-state index in [-0.39, 0.29) is 17.8 Å². The third-order valence-corrected chi connectivity index (χ3v) is 9.29. The number of alkyl halides is 6. The van der Waals surface area contributed by atoms with Crippen molar-refractivity contribution < 1.29 is 31.1 Å². The number of hydrogen-bond donors (Lipinski definition) is 1. The van der Waals surface area contributed by atoms with E-state index in [0.29, 0.717) is 18.6 Å². The highest BCUT2D eigenvalue weighted by Crippen LogP contribution is 2.46. The van der Waals surface area contributed by atoms with Crippen molar-refractivity contribution in [3.05, 3.63) is 95.6 Å². The highest BCUT2D eigenvalue weighted by atomic mass is 31.1. The number of rotatable bonds is 5. The SMILES string of the molecule is O=C(N[C@H]1CCCC[C@@H]1P(c1ccccc1)c1ccccc1)c1cc(C(F)(F)F)cc(C(F)(F)F)c1. The van der Waals surface area contributed by atoms with Crippen LogP contribution in [0.2, 0.25) is 0 Å². The first-order valence-corrected chi connectivity index (χ1v) is 12.9. The Morgan fingerprint density at radius 3 is 1.67 bits per heavy atom. The Bertz CT molecular complexity index is 1110. The second-order valence-electron chi connectivity index (χ2n) is 8.77. The minimum absolute atomic E-state index is 0.0182. The minimum atomic E-state index is -5.02. The molecule has 0 aromatic heterocycles. The van der Waals surface area contributed by atoms with Gasteiger partial charge >= 0.3 is 12.4 Å². The molecule has 2 nitrogen and oxygen atoms in total. The first-order chi connectivity index (χ1) is 17.0. The van der Waals surface area contributed by atoms with E-state index in [1.54, 1.807) is 0 Å². The summed E-state index contributed by atoms with van der Waals surface area (Å²) in [6.45, 7) is 0. The van der Waals surface area contributed by atoms with Crippen molar-refractivity contribution in [3.63, 3.8) is 0 Å². The fourth-order valence-electron chi connectivity index (χ4n) is 4.64. The maximum Gasteiger partial charge on any atom is 0.416 e. The van der Waals surface area contributed by atoms with E-state index in [1.807, 2.05) is 60.7 Å². The third kappa shape index (κ3) is 6.09. The standard InChI is InChI=1S/C27H24F6NOP/c28-26(29,30)19-15-18(16-20(17-19)27(31,32)33)25(35)34-23-13-7-8-14-24(23)36(21-9-3-1-4-10-21)22-11-5-2-6-12-22/h1-6,9-12,15-17,23-24H,7-8,13-14H2,(H,34,35)/t23-,24-/m0/s1. The Balaban J connectivity index is 1.68. The maximum atomic E-state index is 13.3. The van der Waals surface area contributed by atoms with Crippen molar-refractivity contribution in [2.24, 2.45) is 0 Å². The van der Waals surface area contributed by atoms with Crippen LogP contribution in [0.25, 0.3) is 0 Å². The monoisotopic (exact) mass is 523 g/mol. The number of carbonyl (C=O) groups excluding carboxylic acids is 1. The predicted octanol–water partition coefficient (Wildman–Crippen LogP) is 6.90. The molecule has 0 saturated heterocycles. The van der Waals surface area contributed by atoms with Crippen LogP contribution >= 0.6 is 7.92 Å². The van der Waals surface area contributed by atoms with Crippen LogP contribution in [0.3, 0.4) is 0 Å². The van der Waals surface area contributed by atoms with E-state index < -0.39 is 42.9 Å². The van der Waals surface area contributed by atoms with Gasteiger partial charge in [0.1, 0.15) is 0 Å². The van der Waals surface area contributed by atoms with Gasteiger partial charge in [-0.1, -0.05) is 73.5 Å². The summed E-state index contributed by atoms with van der Waals surface area (Å²) in [5, 5.41) is 5.01. The molecule has 9 heteroatoms. The van der Waals surface area contributed by atoms with E-state index in [2.05, 4.69) is 5.32 Å². The smallest absolute Gasteiger partial charge is 0.349 e. The summed E-state index contributed by atoms with van der Waals surface area (Å²) in [4.78, 5) is 13.1. The maximum absolute atomic E-state index is 13.3. The molecule has 1 N–H and O–H groups in total. The van der Waals surface area contributed by atoms with Crippen LogP contribution in [0.5, 0.6) is 0 Å². The molecule has 0 bridgehead atoms. The molecule has 1 aliphatic carbocycles. The molecular weight excluding hydrogens is 499 g/mol. The van der Waals surface area contributed by atoms with Gasteiger partial charge in [0.25, 0.3) is 5.91 Å². The Morgan fingerprint density at radius 2 is 1.19 bits per heavy atom. The summed E-state index contributed by atoms with van der Waals surface area (Å²) >= 11 is 0. The largest absolute Gasteiger partial charge is 0.416 e. The van der Waals surface area contributed by atoms with E-state index >= 15 is 0 Å². The molecule has 1 fully saturated rings. The molecule has 3 aromatic rings. The summed E-state index contributed by atoms with van der Waals surface area (Å²) in [5.41, 5.74) is -3.67. The Labute approximate surface area is 206 Å². The van der Waals surface area contributed by atoms with Crippen LogP contribution in [-0.4, -0.2) is 17.6 Å². The average molecular weight is 523 g/mol. The zero-order valence-electron chi connectivity index (χ0n) is 19.1. The number of halogens is 6. The van der Waals surface area contributed by atoms with E-state index in [0.717, 1.165) is 29.9 Å². The van der Waals surface area contributed by atoms with Crippen LogP contribution in [0.1, 0.15) is 47.2 Å². The van der Waals surface area contributed by atoms with Crippen LogP contribution < -0.4 is 15.9 Å². The van der Waals surface area contributed by atoms with Crippen molar-refractivity contribution in [1.29, 1.82) is 0 Å². The lowest BCUT2D eigenvalue weighted by Gasteiger charge is -2.38. The second-order valence-corrected chi connectivity index (χ2v) is 11.2. The molecule has 2 atom stereocenters. The molecule has 0 spiro atoms. The lowest BCUT2D eigenvalue weighted by Crippen LogP contribution is -2.46. The summed E-state index contributed by atoms with van der Waals surface area (Å²) in [7, 11) is -0.932. The number of nitrogens with one attached hydrogen (secondary N) is 1. The highest BCUT2D eigenvalue weighted by molar-refractivity contribution is 7.73. The zero-order chi connectivity index (χ0) is 25.9. The number of amides is 1. The Hall–Kier alpha value is -2.86. The predicted molar refractivity (Wildman–Crippen MR) is 129 cm³/mol. The van der Waals surface area contributed by atoms with Crippen LogP contribution in [0.4, 0.5) is 26.3 Å². The minimum Gasteiger partial charge on any atom is -0.349 e. The first-order valence-electron chi connectivity index (χ1n) is 11.5. The van der Waals surface area contributed by atoms with Gasteiger partial charge in [0.2, 0.25) is 0 Å². The van der Waals surface area contributed by atoms with Crippen molar-refractivity contribution in [2.45, 2.75) is 49.7 Å². The third-order valence-electron chi connectivity index (χ3n) is 6.30. The van der Waals surface area contributed by atoms with E-state index in [1.165, 1.54) is 0 Å². The van der Waals surface area contributed by atoms with Crippen molar-refractivity contribution in [3.8, 4) is 0 Å². The van der Waals surface area contributed by atoms with E-state index in [9.17, 15) is 31.1 Å². The lowest BCUT2D eigenvalue weighted by molar-refractivity contribution is -0.143. The van der Waals surface area contributed by atoms with Gasteiger partial charge in [0.15, 0.2) is 0 Å². The number of benzene rings is 3. The molecular formula is C27H24F6NOP. The van der Waals surface area contributed by atoms with Gasteiger partial charge in [-0.3, -0.25) is 4.79 Å². The molecule has 0 unspecified atom stereocenters. The van der Waals surface area contributed by atoms with Gasteiger partial charge in [-0.15, -0.1) is 0 Å². The van der Waals surface area contributed by atoms with Gasteiger partial charge in [-0.05, 0) is 49.6 Å². The normalized spacial score (nSPS) is 18.8. The second kappa shape index (κ2) is 10.6. The number of carbonyl (C=O) groups is 1. The van der Waals surface area contributed by atoms with Gasteiger partial charge in [0.05, 0.1) is 11.1 Å². The number of hydrogen-bond acceptors (Lipinski definition) is 1. The molecule has 0 aliphatic heterocycles. The zero-order valence-corrected chi connectivity index (χ0v) is 20.0. The van der Waals surface area contributed by atoms with Crippen LogP contribution in [0, 0.1) is 0 Å². The van der Waals surface area contributed by atoms with E-state index in [4.69, 9.17) is 0 Å². The summed E-state index contributed by atoms with van der Waals surface area (Å²) in [5.74, 6) is -0.931. The molecule has 0 heterocycles. The molecule has 36 heavy (non-hydrogen) atoms. The lowest BCUT2D eigenvalue weighted by atomic mass is 9.94. The summed E-state index contributed by atoms with van der Waals surface area (Å²) < 4.78 is 79.8. The van der Waals surface area contributed by atoms with Crippen molar-refractivity contribution >= 4 is 24.4 Å². The van der Waals surface area contributed by atoms with Crippen molar-refractivity contribution in [1.82, 2.24) is 5.32 Å². The molecule has 1 saturated carbocycles. The van der Waals surface area contributed by atoms with Gasteiger partial charge in [-0.2, -0.15) is 26.3 Å². The Kier molecular flexibility index (Phi) is 7.74. The highest BCUT2D eigenvalue weighted by Gasteiger charge is 2.39. The fourth-order valence-corrected chi connectivity index (χ4v) is 7.71. The van der Waals surface area contributed by atoms with Crippen LogP contribution in [0.15, 0.2) is 78.9 Å². The fraction of sp³-hybridized carbons (Fsp3) is 0.296. The van der Waals surface area contributed by atoms with Gasteiger partial charge in [0, 0.05) is 17.3 Å². The average Bonchev–Trinajstić information content (AvgIpc) is 2.85. The molecule has 190 valence electrons. The summed E-state index contributed by atoms with van der Waals surface area (Å²) in [6.07, 6.45) is -6.91. The summed E-state index contributed by atoms with van der Waals surface area (Å²) in [6, 6.07) is 20.3. The van der Waals surface area contributed by atoms with Crippen molar-refractivity contribution in [2.75, 3.05) is 0 Å². The van der Waals surface area contributed by atoms with Gasteiger partial charge < -0.3 is 5.32 Å². The first kappa shape index (κ1) is 26.2. The van der Waals surface area contributed by atoms with Gasteiger partial charge in [-0.25, -0.2) is 0 Å². The quantitative estimate of drug-likeness (QED) is 0.286. The molecule has 1 aliphatic rings. The molecule has 1 amide bonds.